The summed E-state index contributed by atoms with van der Waals surface area (Å²) in [7, 11) is 3.37. The number of methoxy groups -OCH3 is 2. The molecule has 1 aromatic carbocycles. The van der Waals surface area contributed by atoms with Crippen molar-refractivity contribution in [3.05, 3.63) is 23.8 Å². The summed E-state index contributed by atoms with van der Waals surface area (Å²) in [5.41, 5.74) is 1.05. The van der Waals surface area contributed by atoms with Crippen LogP contribution in [0.15, 0.2) is 18.2 Å². The van der Waals surface area contributed by atoms with E-state index in [-0.39, 0.29) is 5.38 Å². The standard InChI is InChI=1S/C17H25ClO2/c1-19-14-9-11-17(20-2)15(12-14)16(18)10-8-13-6-4-3-5-7-13/h9,11-13,16H,3-8,10H2,1-2H3. The van der Waals surface area contributed by atoms with Crippen LogP contribution in [0, 0.1) is 5.92 Å². The van der Waals surface area contributed by atoms with Crippen molar-refractivity contribution in [1.29, 1.82) is 0 Å². The molecule has 3 heteroatoms. The molecule has 0 aromatic heterocycles. The fourth-order valence-electron chi connectivity index (χ4n) is 3.10. The summed E-state index contributed by atoms with van der Waals surface area (Å²) in [5, 5.41) is 0.00183. The first-order valence-corrected chi connectivity index (χ1v) is 8.04. The maximum atomic E-state index is 6.60. The third kappa shape index (κ3) is 4.05. The smallest absolute Gasteiger partial charge is 0.123 e. The Morgan fingerprint density at radius 2 is 1.90 bits per heavy atom. The Bertz CT molecular complexity index is 413. The Balaban J connectivity index is 1.98. The highest BCUT2D eigenvalue weighted by Crippen LogP contribution is 2.38. The van der Waals surface area contributed by atoms with Gasteiger partial charge in [0.05, 0.1) is 19.6 Å². The van der Waals surface area contributed by atoms with Crippen molar-refractivity contribution >= 4 is 11.6 Å². The largest absolute Gasteiger partial charge is 0.497 e. The molecule has 112 valence electrons. The van der Waals surface area contributed by atoms with Gasteiger partial charge in [-0.05, 0) is 37.0 Å². The first-order valence-electron chi connectivity index (χ1n) is 7.60. The van der Waals surface area contributed by atoms with Gasteiger partial charge in [-0.2, -0.15) is 0 Å². The number of alkyl halides is 1. The van der Waals surface area contributed by atoms with Crippen LogP contribution in [0.2, 0.25) is 0 Å². The van der Waals surface area contributed by atoms with Gasteiger partial charge in [-0.1, -0.05) is 32.1 Å². The van der Waals surface area contributed by atoms with Crippen molar-refractivity contribution in [2.75, 3.05) is 14.2 Å². The first-order chi connectivity index (χ1) is 9.74. The van der Waals surface area contributed by atoms with Gasteiger partial charge in [0.2, 0.25) is 0 Å². The van der Waals surface area contributed by atoms with E-state index in [1.165, 1.54) is 38.5 Å². The molecule has 1 atom stereocenters. The van der Waals surface area contributed by atoms with Crippen molar-refractivity contribution in [2.24, 2.45) is 5.92 Å². The van der Waals surface area contributed by atoms with E-state index in [0.717, 1.165) is 29.4 Å². The second kappa shape index (κ2) is 7.78. The van der Waals surface area contributed by atoms with Crippen LogP contribution in [0.3, 0.4) is 0 Å². The van der Waals surface area contributed by atoms with Gasteiger partial charge >= 0.3 is 0 Å². The summed E-state index contributed by atoms with van der Waals surface area (Å²) in [6.45, 7) is 0. The molecule has 1 aliphatic carbocycles. The second-order valence-corrected chi connectivity index (χ2v) is 6.18. The van der Waals surface area contributed by atoms with E-state index >= 15 is 0 Å². The first kappa shape index (κ1) is 15.5. The molecule has 1 aromatic rings. The van der Waals surface area contributed by atoms with Gasteiger partial charge in [0.25, 0.3) is 0 Å². The fraction of sp³-hybridized carbons (Fsp3) is 0.647. The number of benzene rings is 1. The highest BCUT2D eigenvalue weighted by Gasteiger charge is 2.18. The van der Waals surface area contributed by atoms with Crippen LogP contribution in [0.4, 0.5) is 0 Å². The summed E-state index contributed by atoms with van der Waals surface area (Å²) in [4.78, 5) is 0. The molecule has 1 unspecified atom stereocenters. The summed E-state index contributed by atoms with van der Waals surface area (Å²) in [5.74, 6) is 2.56. The van der Waals surface area contributed by atoms with Crippen LogP contribution in [-0.2, 0) is 0 Å². The van der Waals surface area contributed by atoms with Crippen molar-refractivity contribution in [3.8, 4) is 11.5 Å². The average molecular weight is 297 g/mol. The maximum absolute atomic E-state index is 6.60. The Labute approximate surface area is 127 Å². The van der Waals surface area contributed by atoms with E-state index < -0.39 is 0 Å². The Hall–Kier alpha value is -0.890. The molecule has 1 fully saturated rings. The number of halogens is 1. The summed E-state index contributed by atoms with van der Waals surface area (Å²) >= 11 is 6.60. The minimum absolute atomic E-state index is 0.00183. The molecule has 0 N–H and O–H groups in total. The van der Waals surface area contributed by atoms with Gasteiger partial charge < -0.3 is 9.47 Å². The van der Waals surface area contributed by atoms with Crippen molar-refractivity contribution in [1.82, 2.24) is 0 Å². The molecule has 0 bridgehead atoms. The van der Waals surface area contributed by atoms with Crippen LogP contribution >= 0.6 is 11.6 Å². The molecule has 0 saturated heterocycles. The predicted molar refractivity (Wildman–Crippen MR) is 83.9 cm³/mol. The minimum atomic E-state index is 0.00183. The van der Waals surface area contributed by atoms with E-state index in [0.29, 0.717) is 0 Å². The van der Waals surface area contributed by atoms with Gasteiger partial charge in [0.1, 0.15) is 11.5 Å². The summed E-state index contributed by atoms with van der Waals surface area (Å²) < 4.78 is 10.7. The second-order valence-electron chi connectivity index (χ2n) is 5.66. The maximum Gasteiger partial charge on any atom is 0.123 e. The molecule has 0 amide bonds. The molecular weight excluding hydrogens is 272 g/mol. The van der Waals surface area contributed by atoms with Crippen LogP contribution < -0.4 is 9.47 Å². The molecule has 0 heterocycles. The summed E-state index contributed by atoms with van der Waals surface area (Å²) in [6.07, 6.45) is 9.16. The Morgan fingerprint density at radius 1 is 1.15 bits per heavy atom. The lowest BCUT2D eigenvalue weighted by Gasteiger charge is -2.23. The third-order valence-corrected chi connectivity index (χ3v) is 4.78. The number of rotatable bonds is 6. The lowest BCUT2D eigenvalue weighted by molar-refractivity contribution is 0.330. The molecule has 1 saturated carbocycles. The van der Waals surface area contributed by atoms with Crippen LogP contribution in [0.1, 0.15) is 55.9 Å². The monoisotopic (exact) mass is 296 g/mol. The molecular formula is C17H25ClO2. The van der Waals surface area contributed by atoms with Gasteiger partial charge in [0, 0.05) is 5.56 Å². The fourth-order valence-corrected chi connectivity index (χ4v) is 3.39. The number of hydrogen-bond donors (Lipinski definition) is 0. The normalized spacial score (nSPS) is 17.8. The zero-order valence-corrected chi connectivity index (χ0v) is 13.3. The summed E-state index contributed by atoms with van der Waals surface area (Å²) in [6, 6.07) is 5.84. The van der Waals surface area contributed by atoms with E-state index in [1.54, 1.807) is 14.2 Å². The molecule has 20 heavy (non-hydrogen) atoms. The molecule has 0 aliphatic heterocycles. The quantitative estimate of drug-likeness (QED) is 0.659. The van der Waals surface area contributed by atoms with Crippen molar-refractivity contribution in [3.63, 3.8) is 0 Å². The average Bonchev–Trinajstić information content (AvgIpc) is 2.52. The molecule has 0 radical (unpaired) electrons. The van der Waals surface area contributed by atoms with E-state index in [9.17, 15) is 0 Å². The SMILES string of the molecule is COc1ccc(OC)c(C(Cl)CCC2CCCCC2)c1. The van der Waals surface area contributed by atoms with Gasteiger partial charge in [-0.3, -0.25) is 0 Å². The highest BCUT2D eigenvalue weighted by molar-refractivity contribution is 6.21. The topological polar surface area (TPSA) is 18.5 Å². The van der Waals surface area contributed by atoms with Gasteiger partial charge in [-0.25, -0.2) is 0 Å². The third-order valence-electron chi connectivity index (χ3n) is 4.33. The van der Waals surface area contributed by atoms with Crippen LogP contribution in [0.5, 0.6) is 11.5 Å². The molecule has 1 aliphatic rings. The Kier molecular flexibility index (Phi) is 6.03. The van der Waals surface area contributed by atoms with Crippen molar-refractivity contribution in [2.45, 2.75) is 50.3 Å². The van der Waals surface area contributed by atoms with Crippen LogP contribution in [-0.4, -0.2) is 14.2 Å². The lowest BCUT2D eigenvalue weighted by Crippen LogP contribution is -2.07. The van der Waals surface area contributed by atoms with Crippen LogP contribution in [0.25, 0.3) is 0 Å². The van der Waals surface area contributed by atoms with E-state index in [1.807, 2.05) is 18.2 Å². The molecule has 0 spiro atoms. The van der Waals surface area contributed by atoms with Crippen molar-refractivity contribution < 1.29 is 9.47 Å². The zero-order chi connectivity index (χ0) is 14.4. The predicted octanol–water partition coefficient (Wildman–Crippen LogP) is 5.34. The van der Waals surface area contributed by atoms with Gasteiger partial charge in [-0.15, -0.1) is 11.6 Å². The lowest BCUT2D eigenvalue weighted by atomic mass is 9.85. The zero-order valence-electron chi connectivity index (χ0n) is 12.5. The number of ether oxygens (including phenoxy) is 2. The molecule has 2 nitrogen and oxygen atoms in total. The number of hydrogen-bond acceptors (Lipinski definition) is 2. The Morgan fingerprint density at radius 3 is 2.55 bits per heavy atom. The minimum Gasteiger partial charge on any atom is -0.497 e. The van der Waals surface area contributed by atoms with E-state index in [2.05, 4.69) is 0 Å². The highest BCUT2D eigenvalue weighted by atomic mass is 35.5. The van der Waals surface area contributed by atoms with Gasteiger partial charge in [0.15, 0.2) is 0 Å². The van der Waals surface area contributed by atoms with E-state index in [4.69, 9.17) is 21.1 Å². The molecule has 2 rings (SSSR count).